The van der Waals surface area contributed by atoms with E-state index < -0.39 is 24.3 Å². The van der Waals surface area contributed by atoms with Crippen molar-refractivity contribution in [1.82, 2.24) is 0 Å². The van der Waals surface area contributed by atoms with Gasteiger partial charge in [-0.3, -0.25) is 0 Å². The molecule has 1 heterocycles. The molecule has 0 bridgehead atoms. The molecule has 0 radical (unpaired) electrons. The maximum atomic E-state index is 14.3. The molecule has 136 valence electrons. The number of aliphatic hydroxyl groups excluding tert-OH is 1. The molecule has 1 aliphatic carbocycles. The van der Waals surface area contributed by atoms with E-state index >= 15 is 0 Å². The first-order valence-corrected chi connectivity index (χ1v) is 8.93. The Morgan fingerprint density at radius 3 is 2.74 bits per heavy atom. The molecule has 3 nitrogen and oxygen atoms in total. The number of hydrogen-bond acceptors (Lipinski definition) is 3. The van der Waals surface area contributed by atoms with Crippen LogP contribution < -0.4 is 4.74 Å². The average molecular weight is 387 g/mol. The average Bonchev–Trinajstić information content (AvgIpc) is 3.23. The molecule has 1 N–H and O–H groups in total. The van der Waals surface area contributed by atoms with Gasteiger partial charge >= 0.3 is 0 Å². The lowest BCUT2D eigenvalue weighted by molar-refractivity contribution is -0.0966. The maximum absolute atomic E-state index is 14.3. The minimum atomic E-state index is -3.32. The van der Waals surface area contributed by atoms with Crippen molar-refractivity contribution in [3.8, 4) is 22.6 Å². The molecule has 1 unspecified atom stereocenters. The molecule has 3 aromatic rings. The summed E-state index contributed by atoms with van der Waals surface area (Å²) in [6.07, 6.45) is -2.63. The molecule has 27 heavy (non-hydrogen) atoms. The van der Waals surface area contributed by atoms with Gasteiger partial charge in [0.15, 0.2) is 5.69 Å². The molecular weight excluding hydrogens is 375 g/mol. The first kappa shape index (κ1) is 17.6. The second kappa shape index (κ2) is 6.41. The third kappa shape index (κ3) is 3.07. The Balaban J connectivity index is 1.83. The van der Waals surface area contributed by atoms with Crippen LogP contribution in [0, 0.1) is 12.4 Å². The van der Waals surface area contributed by atoms with Gasteiger partial charge in [-0.1, -0.05) is 6.07 Å². The second-order valence-corrected chi connectivity index (χ2v) is 6.99. The van der Waals surface area contributed by atoms with Gasteiger partial charge in [-0.2, -0.15) is 11.3 Å². The number of rotatable bonds is 3. The quantitative estimate of drug-likeness (QED) is 0.549. The number of aliphatic hydroxyl groups is 1. The van der Waals surface area contributed by atoms with E-state index in [9.17, 15) is 18.3 Å². The van der Waals surface area contributed by atoms with Crippen molar-refractivity contribution in [1.29, 1.82) is 0 Å². The Labute approximate surface area is 157 Å². The summed E-state index contributed by atoms with van der Waals surface area (Å²) in [7, 11) is 0. The summed E-state index contributed by atoms with van der Waals surface area (Å²) in [6, 6.07) is 8.40. The Morgan fingerprint density at radius 1 is 1.22 bits per heavy atom. The van der Waals surface area contributed by atoms with E-state index in [-0.39, 0.29) is 28.3 Å². The normalized spacial score (nSPS) is 17.4. The predicted molar refractivity (Wildman–Crippen MR) is 96.1 cm³/mol. The van der Waals surface area contributed by atoms with Crippen LogP contribution in [0.4, 0.5) is 18.9 Å². The van der Waals surface area contributed by atoms with Crippen LogP contribution in [0.3, 0.4) is 0 Å². The summed E-state index contributed by atoms with van der Waals surface area (Å²) < 4.78 is 47.8. The van der Waals surface area contributed by atoms with Crippen molar-refractivity contribution >= 4 is 17.0 Å². The highest BCUT2D eigenvalue weighted by Crippen LogP contribution is 2.51. The smallest absolute Gasteiger partial charge is 0.281 e. The summed E-state index contributed by atoms with van der Waals surface area (Å²) in [5.74, 6) is -3.83. The standard InChI is InChI=1S/C20H12F3NO2S/c1-24-13-6-12(21)7-14(8-13)26-17-3-2-15(11-4-5-27-10-11)18-16(17)9-20(22,23)19(18)25/h2-8,10,19,25H,9H2. The van der Waals surface area contributed by atoms with E-state index in [1.807, 2.05) is 10.8 Å². The molecule has 0 saturated heterocycles. The summed E-state index contributed by atoms with van der Waals surface area (Å²) in [5.41, 5.74) is 1.61. The molecule has 0 aliphatic heterocycles. The predicted octanol–water partition coefficient (Wildman–Crippen LogP) is 6.12. The van der Waals surface area contributed by atoms with Crippen molar-refractivity contribution < 1.29 is 23.0 Å². The summed E-state index contributed by atoms with van der Waals surface area (Å²) in [6.45, 7) is 7.00. The van der Waals surface area contributed by atoms with Crippen LogP contribution in [0.25, 0.3) is 16.0 Å². The number of benzene rings is 2. The number of fused-ring (bicyclic) bond motifs is 1. The minimum absolute atomic E-state index is 0.0381. The number of alkyl halides is 2. The Morgan fingerprint density at radius 2 is 2.04 bits per heavy atom. The van der Waals surface area contributed by atoms with E-state index in [1.54, 1.807) is 12.1 Å². The molecule has 0 fully saturated rings. The fraction of sp³-hybridized carbons (Fsp3) is 0.150. The fourth-order valence-electron chi connectivity index (χ4n) is 3.25. The van der Waals surface area contributed by atoms with Crippen molar-refractivity contribution in [3.63, 3.8) is 0 Å². The monoisotopic (exact) mass is 387 g/mol. The fourth-order valence-corrected chi connectivity index (χ4v) is 3.90. The van der Waals surface area contributed by atoms with Crippen molar-refractivity contribution in [3.05, 3.63) is 75.5 Å². The molecule has 1 atom stereocenters. The van der Waals surface area contributed by atoms with Gasteiger partial charge in [-0.05, 0) is 46.2 Å². The minimum Gasteiger partial charge on any atom is -0.458 e. The Kier molecular flexibility index (Phi) is 4.17. The topological polar surface area (TPSA) is 33.8 Å². The zero-order valence-corrected chi connectivity index (χ0v) is 14.6. The molecule has 0 amide bonds. The summed E-state index contributed by atoms with van der Waals surface area (Å²) >= 11 is 1.42. The van der Waals surface area contributed by atoms with Crippen molar-refractivity contribution in [2.45, 2.75) is 18.4 Å². The van der Waals surface area contributed by atoms with Crippen molar-refractivity contribution in [2.75, 3.05) is 0 Å². The SMILES string of the molecule is [C-]#[N+]c1cc(F)cc(Oc2ccc(-c3ccsc3)c3c2CC(F)(F)C3O)c1. The Hall–Kier alpha value is -2.82. The van der Waals surface area contributed by atoms with Gasteiger partial charge in [0.25, 0.3) is 5.92 Å². The lowest BCUT2D eigenvalue weighted by Gasteiger charge is -2.16. The number of halogens is 3. The van der Waals surface area contributed by atoms with E-state index in [2.05, 4.69) is 4.85 Å². The van der Waals surface area contributed by atoms with Gasteiger partial charge in [0, 0.05) is 23.6 Å². The first-order valence-electron chi connectivity index (χ1n) is 7.99. The van der Waals surface area contributed by atoms with Crippen LogP contribution in [0.2, 0.25) is 0 Å². The van der Waals surface area contributed by atoms with Crippen LogP contribution in [0.5, 0.6) is 11.5 Å². The highest BCUT2D eigenvalue weighted by Gasteiger charge is 2.49. The van der Waals surface area contributed by atoms with Crippen LogP contribution in [-0.4, -0.2) is 11.0 Å². The van der Waals surface area contributed by atoms with Gasteiger partial charge in [-0.25, -0.2) is 18.0 Å². The largest absolute Gasteiger partial charge is 0.458 e. The number of thiophene rings is 1. The highest BCUT2D eigenvalue weighted by molar-refractivity contribution is 7.08. The van der Waals surface area contributed by atoms with Crippen LogP contribution in [0.15, 0.2) is 47.2 Å². The number of ether oxygens (including phenoxy) is 1. The third-order valence-corrected chi connectivity index (χ3v) is 5.13. The molecule has 2 aromatic carbocycles. The van der Waals surface area contributed by atoms with Gasteiger partial charge in [-0.15, -0.1) is 0 Å². The van der Waals surface area contributed by atoms with Crippen LogP contribution in [0.1, 0.15) is 17.2 Å². The zero-order chi connectivity index (χ0) is 19.2. The van der Waals surface area contributed by atoms with Gasteiger partial charge < -0.3 is 9.84 Å². The molecule has 1 aliphatic rings. The zero-order valence-electron chi connectivity index (χ0n) is 13.7. The summed E-state index contributed by atoms with van der Waals surface area (Å²) in [5, 5.41) is 13.8. The third-order valence-electron chi connectivity index (χ3n) is 4.45. The van der Waals surface area contributed by atoms with E-state index in [0.717, 1.165) is 17.7 Å². The Bertz CT molecular complexity index is 1060. The maximum Gasteiger partial charge on any atom is 0.281 e. The van der Waals surface area contributed by atoms with E-state index in [0.29, 0.717) is 5.56 Å². The van der Waals surface area contributed by atoms with Gasteiger partial charge in [0.1, 0.15) is 23.4 Å². The molecule has 0 saturated carbocycles. The lowest BCUT2D eigenvalue weighted by atomic mass is 9.97. The van der Waals surface area contributed by atoms with Crippen LogP contribution in [-0.2, 0) is 6.42 Å². The second-order valence-electron chi connectivity index (χ2n) is 6.21. The molecule has 4 rings (SSSR count). The van der Waals surface area contributed by atoms with E-state index in [4.69, 9.17) is 11.3 Å². The summed E-state index contributed by atoms with van der Waals surface area (Å²) in [4.78, 5) is 3.16. The van der Waals surface area contributed by atoms with Crippen molar-refractivity contribution in [2.24, 2.45) is 0 Å². The number of nitrogens with zero attached hydrogens (tertiary/aromatic N) is 1. The van der Waals surface area contributed by atoms with Gasteiger partial charge in [0.2, 0.25) is 0 Å². The van der Waals surface area contributed by atoms with E-state index in [1.165, 1.54) is 23.5 Å². The van der Waals surface area contributed by atoms with Crippen LogP contribution >= 0.6 is 11.3 Å². The highest BCUT2D eigenvalue weighted by atomic mass is 32.1. The van der Waals surface area contributed by atoms with Gasteiger partial charge in [0.05, 0.1) is 6.57 Å². The first-order chi connectivity index (χ1) is 12.9. The molecular formula is C20H12F3NO2S. The number of hydrogen-bond donors (Lipinski definition) is 1. The molecule has 1 aromatic heterocycles. The molecule has 7 heteroatoms. The molecule has 0 spiro atoms. The lowest BCUT2D eigenvalue weighted by Crippen LogP contribution is -2.21.